The van der Waals surface area contributed by atoms with Gasteiger partial charge in [-0.1, -0.05) is 0 Å². The number of nitrogens with zero attached hydrogens (tertiary/aromatic N) is 6. The molecule has 0 radical (unpaired) electrons. The second kappa shape index (κ2) is 7.21. The number of likely N-dealkylation sites (tertiary alicyclic amines) is 1. The first kappa shape index (κ1) is 19.1. The number of amides is 1. The van der Waals surface area contributed by atoms with Gasteiger partial charge in [-0.3, -0.25) is 4.79 Å². The highest BCUT2D eigenvalue weighted by Crippen LogP contribution is 2.36. The van der Waals surface area contributed by atoms with E-state index < -0.39 is 0 Å². The van der Waals surface area contributed by atoms with Crippen LogP contribution >= 0.6 is 0 Å². The summed E-state index contributed by atoms with van der Waals surface area (Å²) in [5, 5.41) is 16.8. The van der Waals surface area contributed by atoms with E-state index in [4.69, 9.17) is 9.72 Å². The molecule has 0 aromatic carbocycles. The third-order valence-corrected chi connectivity index (χ3v) is 6.95. The predicted octanol–water partition coefficient (Wildman–Crippen LogP) is 1.29. The minimum Gasteiger partial charge on any atom is -0.494 e. The van der Waals surface area contributed by atoms with Crippen LogP contribution in [0, 0.1) is 17.2 Å². The third-order valence-electron chi connectivity index (χ3n) is 6.95. The standard InChI is InChI=1S/C23H23N7O2/c1-32-20-4-15(11-30-22(20)16(6-24)10-27-30)14-2-3-21(26-9-14)28-12-19-5-18(28)13-29(19)23(31)17-7-25-8-17/h2-4,9-11,17-19,25H,5,7-8,12-13H2,1H3/t18-,19-/m1/s1. The van der Waals surface area contributed by atoms with Gasteiger partial charge in [0.05, 0.1) is 31.3 Å². The third kappa shape index (κ3) is 2.83. The maximum absolute atomic E-state index is 12.6. The number of carbonyl (C=O) groups is 1. The van der Waals surface area contributed by atoms with Crippen molar-refractivity contribution in [2.45, 2.75) is 18.5 Å². The number of carbonyl (C=O) groups excluding carboxylic acids is 1. The van der Waals surface area contributed by atoms with E-state index in [1.807, 2.05) is 30.6 Å². The van der Waals surface area contributed by atoms with E-state index in [0.29, 0.717) is 28.8 Å². The van der Waals surface area contributed by atoms with Gasteiger partial charge in [-0.25, -0.2) is 9.50 Å². The number of aromatic nitrogens is 3. The summed E-state index contributed by atoms with van der Waals surface area (Å²) >= 11 is 0. The van der Waals surface area contributed by atoms with Gasteiger partial charge >= 0.3 is 0 Å². The van der Waals surface area contributed by atoms with E-state index in [1.165, 1.54) is 0 Å². The second-order valence-corrected chi connectivity index (χ2v) is 8.71. The van der Waals surface area contributed by atoms with Crippen LogP contribution in [0.4, 0.5) is 5.82 Å². The monoisotopic (exact) mass is 429 g/mol. The molecule has 9 heteroatoms. The molecule has 6 heterocycles. The number of fused-ring (bicyclic) bond motifs is 3. The largest absolute Gasteiger partial charge is 0.494 e. The Bertz CT molecular complexity index is 1240. The zero-order valence-corrected chi connectivity index (χ0v) is 17.7. The van der Waals surface area contributed by atoms with E-state index >= 15 is 0 Å². The van der Waals surface area contributed by atoms with Crippen molar-refractivity contribution in [3.63, 3.8) is 0 Å². The summed E-state index contributed by atoms with van der Waals surface area (Å²) in [6.07, 6.45) is 6.30. The number of hydrogen-bond acceptors (Lipinski definition) is 7. The lowest BCUT2D eigenvalue weighted by Crippen LogP contribution is -2.56. The fourth-order valence-corrected chi connectivity index (χ4v) is 5.12. The van der Waals surface area contributed by atoms with Crippen molar-refractivity contribution in [1.29, 1.82) is 5.26 Å². The molecule has 2 bridgehead atoms. The second-order valence-electron chi connectivity index (χ2n) is 8.71. The van der Waals surface area contributed by atoms with E-state index in [9.17, 15) is 10.1 Å². The Labute approximate surface area is 185 Å². The van der Waals surface area contributed by atoms with Gasteiger partial charge in [-0.15, -0.1) is 0 Å². The summed E-state index contributed by atoms with van der Waals surface area (Å²) in [6, 6.07) is 8.77. The lowest BCUT2D eigenvalue weighted by atomic mass is 10.0. The van der Waals surface area contributed by atoms with Crippen molar-refractivity contribution in [3.05, 3.63) is 42.4 Å². The van der Waals surface area contributed by atoms with Gasteiger partial charge in [0.25, 0.3) is 0 Å². The fourth-order valence-electron chi connectivity index (χ4n) is 5.12. The van der Waals surface area contributed by atoms with E-state index in [1.54, 1.807) is 17.8 Å². The quantitative estimate of drug-likeness (QED) is 0.667. The molecule has 3 aromatic heterocycles. The molecule has 32 heavy (non-hydrogen) atoms. The van der Waals surface area contributed by atoms with Crippen molar-refractivity contribution in [2.75, 3.05) is 38.2 Å². The molecule has 0 saturated carbocycles. The average molecular weight is 429 g/mol. The van der Waals surface area contributed by atoms with Crippen LogP contribution in [0.3, 0.4) is 0 Å². The molecule has 0 aliphatic carbocycles. The number of ether oxygens (including phenoxy) is 1. The number of piperazine rings is 1. The van der Waals surface area contributed by atoms with Crippen molar-refractivity contribution >= 4 is 17.2 Å². The molecule has 1 N–H and O–H groups in total. The summed E-state index contributed by atoms with van der Waals surface area (Å²) in [5.41, 5.74) is 3.00. The van der Waals surface area contributed by atoms with E-state index in [2.05, 4.69) is 26.3 Å². The minimum absolute atomic E-state index is 0.161. The van der Waals surface area contributed by atoms with Crippen LogP contribution in [0.2, 0.25) is 0 Å². The Hall–Kier alpha value is -3.64. The smallest absolute Gasteiger partial charge is 0.228 e. The molecule has 0 spiro atoms. The molecule has 3 aliphatic rings. The molecule has 3 aromatic rings. The van der Waals surface area contributed by atoms with Crippen molar-refractivity contribution in [2.24, 2.45) is 5.92 Å². The Morgan fingerprint density at radius 2 is 2.09 bits per heavy atom. The summed E-state index contributed by atoms with van der Waals surface area (Å²) in [7, 11) is 1.59. The van der Waals surface area contributed by atoms with Crippen LogP contribution in [0.1, 0.15) is 12.0 Å². The SMILES string of the molecule is COc1cc(-c2ccc(N3C[C@H]4C[C@@H]3CN4C(=O)C3CNC3)nc2)cn2ncc(C#N)c12. The average Bonchev–Trinajstić information content (AvgIpc) is 3.51. The topological polar surface area (TPSA) is 98.8 Å². The minimum atomic E-state index is 0.161. The molecule has 3 fully saturated rings. The number of pyridine rings is 2. The Kier molecular flexibility index (Phi) is 4.30. The van der Waals surface area contributed by atoms with Crippen LogP contribution < -0.4 is 15.0 Å². The Balaban J connectivity index is 1.22. The van der Waals surface area contributed by atoms with Gasteiger partial charge in [-0.05, 0) is 24.6 Å². The fraction of sp³-hybridized carbons (Fsp3) is 0.391. The Morgan fingerprint density at radius 1 is 1.22 bits per heavy atom. The first-order chi connectivity index (χ1) is 15.7. The lowest BCUT2D eigenvalue weighted by molar-refractivity contribution is -0.138. The highest BCUT2D eigenvalue weighted by Gasteiger charge is 2.47. The molecule has 162 valence electrons. The number of nitriles is 1. The van der Waals surface area contributed by atoms with E-state index in [-0.39, 0.29) is 12.0 Å². The molecule has 6 rings (SSSR count). The van der Waals surface area contributed by atoms with Gasteiger partial charge in [0.2, 0.25) is 5.91 Å². The lowest BCUT2D eigenvalue weighted by Gasteiger charge is -2.38. The van der Waals surface area contributed by atoms with Gasteiger partial charge < -0.3 is 19.9 Å². The van der Waals surface area contributed by atoms with Crippen molar-refractivity contribution in [3.8, 4) is 22.9 Å². The molecule has 9 nitrogen and oxygen atoms in total. The zero-order chi connectivity index (χ0) is 21.8. The van der Waals surface area contributed by atoms with E-state index in [0.717, 1.165) is 49.5 Å². The highest BCUT2D eigenvalue weighted by atomic mass is 16.5. The molecule has 0 unspecified atom stereocenters. The maximum Gasteiger partial charge on any atom is 0.228 e. The van der Waals surface area contributed by atoms with Crippen LogP contribution in [-0.4, -0.2) is 70.8 Å². The first-order valence-electron chi connectivity index (χ1n) is 10.9. The number of hydrogen-bond donors (Lipinski definition) is 1. The van der Waals surface area contributed by atoms with Crippen LogP contribution in [0.15, 0.2) is 36.8 Å². The predicted molar refractivity (Wildman–Crippen MR) is 117 cm³/mol. The van der Waals surface area contributed by atoms with Gasteiger partial charge in [-0.2, -0.15) is 10.4 Å². The number of nitrogens with one attached hydrogen (secondary N) is 1. The van der Waals surface area contributed by atoms with Gasteiger partial charge in [0.15, 0.2) is 0 Å². The van der Waals surface area contributed by atoms with Gasteiger partial charge in [0, 0.05) is 49.7 Å². The molecule has 1 amide bonds. The normalized spacial score (nSPS) is 22.2. The summed E-state index contributed by atoms with van der Waals surface area (Å²) in [4.78, 5) is 21.8. The molecular weight excluding hydrogens is 406 g/mol. The summed E-state index contributed by atoms with van der Waals surface area (Å²) < 4.78 is 7.18. The Morgan fingerprint density at radius 3 is 2.72 bits per heavy atom. The van der Waals surface area contributed by atoms with Crippen LogP contribution in [-0.2, 0) is 4.79 Å². The van der Waals surface area contributed by atoms with Crippen LogP contribution in [0.25, 0.3) is 16.6 Å². The van der Waals surface area contributed by atoms with Crippen LogP contribution in [0.5, 0.6) is 5.75 Å². The number of rotatable bonds is 4. The molecule has 3 saturated heterocycles. The molecule has 2 atom stereocenters. The van der Waals surface area contributed by atoms with Crippen molar-refractivity contribution in [1.82, 2.24) is 24.8 Å². The van der Waals surface area contributed by atoms with Gasteiger partial charge in [0.1, 0.15) is 28.7 Å². The first-order valence-corrected chi connectivity index (χ1v) is 10.9. The summed E-state index contributed by atoms with van der Waals surface area (Å²) in [6.45, 7) is 3.25. The van der Waals surface area contributed by atoms with Crippen molar-refractivity contribution < 1.29 is 9.53 Å². The number of anilines is 1. The maximum atomic E-state index is 12.6. The summed E-state index contributed by atoms with van der Waals surface area (Å²) in [5.74, 6) is 2.01. The molecular formula is C23H23N7O2. The molecule has 3 aliphatic heterocycles. The highest BCUT2D eigenvalue weighted by molar-refractivity contribution is 5.81. The zero-order valence-electron chi connectivity index (χ0n) is 17.7. The number of methoxy groups -OCH3 is 1.